The van der Waals surface area contributed by atoms with E-state index in [1.54, 1.807) is 11.3 Å². The summed E-state index contributed by atoms with van der Waals surface area (Å²) in [5, 5.41) is 3.48. The van der Waals surface area contributed by atoms with E-state index >= 15 is 0 Å². The molecule has 1 saturated carbocycles. The Morgan fingerprint density at radius 3 is 2.88 bits per heavy atom. The van der Waals surface area contributed by atoms with Gasteiger partial charge in [-0.15, -0.1) is 0 Å². The van der Waals surface area contributed by atoms with Gasteiger partial charge in [-0.2, -0.15) is 0 Å². The third-order valence-electron chi connectivity index (χ3n) is 4.28. The van der Waals surface area contributed by atoms with Gasteiger partial charge < -0.3 is 9.88 Å². The Kier molecular flexibility index (Phi) is 2.76. The third-order valence-corrected chi connectivity index (χ3v) is 4.28. The topological polar surface area (TPSA) is 17.0 Å². The number of hydrogen-bond donors (Lipinski definition) is 1. The fourth-order valence-corrected chi connectivity index (χ4v) is 3.37. The molecule has 0 saturated heterocycles. The highest BCUT2D eigenvalue weighted by Gasteiger charge is 2.22. The van der Waals surface area contributed by atoms with Gasteiger partial charge in [-0.1, -0.05) is 19.3 Å². The van der Waals surface area contributed by atoms with Crippen molar-refractivity contribution in [1.29, 1.82) is 0 Å². The zero-order chi connectivity index (χ0) is 11.0. The quantitative estimate of drug-likeness (QED) is 0.767. The largest absolute Gasteiger partial charge is 0.348 e. The van der Waals surface area contributed by atoms with Crippen LogP contribution in [0.4, 0.5) is 0 Å². The Morgan fingerprint density at radius 2 is 2.06 bits per heavy atom. The van der Waals surface area contributed by atoms with E-state index in [1.807, 2.05) is 0 Å². The number of hydrogen-bond acceptors (Lipinski definition) is 1. The van der Waals surface area contributed by atoms with Gasteiger partial charge in [0.05, 0.1) is 0 Å². The van der Waals surface area contributed by atoms with Gasteiger partial charge in [0.25, 0.3) is 0 Å². The first kappa shape index (κ1) is 10.4. The lowest BCUT2D eigenvalue weighted by Gasteiger charge is -2.27. The number of aryl methyl sites for hydroxylation is 1. The molecular formula is C14H22N2. The average Bonchev–Trinajstić information content (AvgIpc) is 2.69. The van der Waals surface area contributed by atoms with Crippen LogP contribution in [0.25, 0.3) is 0 Å². The van der Waals surface area contributed by atoms with Gasteiger partial charge in [-0.05, 0) is 30.9 Å². The van der Waals surface area contributed by atoms with E-state index in [0.717, 1.165) is 19.1 Å². The number of fused-ring (bicyclic) bond motifs is 1. The van der Waals surface area contributed by atoms with Crippen LogP contribution in [0.2, 0.25) is 0 Å². The molecule has 2 aliphatic rings. The molecule has 2 nitrogen and oxygen atoms in total. The summed E-state index contributed by atoms with van der Waals surface area (Å²) >= 11 is 0. The molecule has 88 valence electrons. The molecule has 1 aromatic rings. The molecule has 0 spiro atoms. The highest BCUT2D eigenvalue weighted by Crippen LogP contribution is 2.32. The number of nitrogens with one attached hydrogen (secondary N) is 1. The molecule has 1 aromatic heterocycles. The smallest absolute Gasteiger partial charge is 0.0333 e. The predicted octanol–water partition coefficient (Wildman–Crippen LogP) is 2.95. The van der Waals surface area contributed by atoms with Crippen molar-refractivity contribution in [2.45, 2.75) is 58.0 Å². The Morgan fingerprint density at radius 1 is 1.25 bits per heavy atom. The number of nitrogens with zero attached hydrogens (tertiary/aromatic N) is 1. The van der Waals surface area contributed by atoms with E-state index in [9.17, 15) is 0 Å². The molecule has 2 heteroatoms. The average molecular weight is 218 g/mol. The van der Waals surface area contributed by atoms with Crippen molar-refractivity contribution in [2.75, 3.05) is 6.54 Å². The van der Waals surface area contributed by atoms with Crippen molar-refractivity contribution < 1.29 is 0 Å². The van der Waals surface area contributed by atoms with Gasteiger partial charge in [-0.3, -0.25) is 0 Å². The van der Waals surface area contributed by atoms with E-state index in [4.69, 9.17) is 0 Å². The van der Waals surface area contributed by atoms with Gasteiger partial charge in [0.1, 0.15) is 0 Å². The first-order valence-electron chi connectivity index (χ1n) is 6.76. The minimum Gasteiger partial charge on any atom is -0.348 e. The van der Waals surface area contributed by atoms with Gasteiger partial charge in [0.15, 0.2) is 0 Å². The Balaban J connectivity index is 1.93. The molecule has 0 bridgehead atoms. The molecule has 0 amide bonds. The minimum atomic E-state index is 0.800. The molecule has 0 atom stereocenters. The van der Waals surface area contributed by atoms with E-state index < -0.39 is 0 Å². The lowest BCUT2D eigenvalue weighted by atomic mass is 9.95. The Hall–Kier alpha value is -0.760. The minimum absolute atomic E-state index is 0.800. The second-order valence-electron chi connectivity index (χ2n) is 5.36. The molecule has 16 heavy (non-hydrogen) atoms. The highest BCUT2D eigenvalue weighted by molar-refractivity contribution is 5.33. The third kappa shape index (κ3) is 1.69. The number of aromatic nitrogens is 1. The van der Waals surface area contributed by atoms with Crippen LogP contribution in [0, 0.1) is 6.92 Å². The maximum atomic E-state index is 3.48. The predicted molar refractivity (Wildman–Crippen MR) is 66.7 cm³/mol. The normalized spacial score (nSPS) is 22.1. The van der Waals surface area contributed by atoms with Crippen LogP contribution >= 0.6 is 0 Å². The van der Waals surface area contributed by atoms with Crippen molar-refractivity contribution in [3.8, 4) is 0 Å². The van der Waals surface area contributed by atoms with Crippen molar-refractivity contribution >= 4 is 0 Å². The molecular weight excluding hydrogens is 196 g/mol. The summed E-state index contributed by atoms with van der Waals surface area (Å²) in [5.41, 5.74) is 4.70. The monoisotopic (exact) mass is 218 g/mol. The molecule has 0 radical (unpaired) electrons. The summed E-state index contributed by atoms with van der Waals surface area (Å²) in [4.78, 5) is 0. The summed E-state index contributed by atoms with van der Waals surface area (Å²) in [6, 6.07) is 0.800. The summed E-state index contributed by atoms with van der Waals surface area (Å²) < 4.78 is 2.62. The van der Waals surface area contributed by atoms with Crippen LogP contribution in [0.1, 0.15) is 55.0 Å². The second-order valence-corrected chi connectivity index (χ2v) is 5.36. The zero-order valence-electron chi connectivity index (χ0n) is 10.3. The Labute approximate surface area is 98.0 Å². The van der Waals surface area contributed by atoms with Gasteiger partial charge >= 0.3 is 0 Å². The van der Waals surface area contributed by atoms with Crippen LogP contribution in [0.15, 0.2) is 6.20 Å². The van der Waals surface area contributed by atoms with E-state index in [-0.39, 0.29) is 0 Å². The first-order chi connectivity index (χ1) is 7.86. The molecule has 0 aromatic carbocycles. The molecule has 1 aliphatic carbocycles. The standard InChI is InChI=1S/C14H22N2/c1-11-10-16(12-5-3-2-4-6-12)14-7-8-15-9-13(11)14/h10,12,15H,2-9H2,1H3. The van der Waals surface area contributed by atoms with Crippen LogP contribution < -0.4 is 5.32 Å². The summed E-state index contributed by atoms with van der Waals surface area (Å²) in [7, 11) is 0. The van der Waals surface area contributed by atoms with Gasteiger partial charge in [0.2, 0.25) is 0 Å². The lowest BCUT2D eigenvalue weighted by Crippen LogP contribution is -2.26. The molecule has 1 fully saturated rings. The zero-order valence-corrected chi connectivity index (χ0v) is 10.3. The fourth-order valence-electron chi connectivity index (χ4n) is 3.37. The highest BCUT2D eigenvalue weighted by atomic mass is 15.0. The second kappa shape index (κ2) is 4.25. The first-order valence-corrected chi connectivity index (χ1v) is 6.76. The Bertz CT molecular complexity index is 372. The molecule has 0 unspecified atom stereocenters. The van der Waals surface area contributed by atoms with E-state index in [0.29, 0.717) is 0 Å². The van der Waals surface area contributed by atoms with Crippen molar-refractivity contribution in [1.82, 2.24) is 9.88 Å². The summed E-state index contributed by atoms with van der Waals surface area (Å²) in [5.74, 6) is 0. The lowest BCUT2D eigenvalue weighted by molar-refractivity contribution is 0.345. The number of rotatable bonds is 1. The summed E-state index contributed by atoms with van der Waals surface area (Å²) in [6.07, 6.45) is 10.7. The maximum Gasteiger partial charge on any atom is 0.0333 e. The van der Waals surface area contributed by atoms with E-state index in [1.165, 1.54) is 44.1 Å². The van der Waals surface area contributed by atoms with Crippen molar-refractivity contribution in [2.24, 2.45) is 0 Å². The van der Waals surface area contributed by atoms with Crippen molar-refractivity contribution in [3.05, 3.63) is 23.0 Å². The van der Waals surface area contributed by atoms with Crippen LogP contribution in [0.5, 0.6) is 0 Å². The molecule has 1 N–H and O–H groups in total. The van der Waals surface area contributed by atoms with Crippen LogP contribution in [-0.4, -0.2) is 11.1 Å². The molecule has 1 aliphatic heterocycles. The molecule has 3 rings (SSSR count). The van der Waals surface area contributed by atoms with E-state index in [2.05, 4.69) is 23.0 Å². The maximum absolute atomic E-state index is 3.48. The van der Waals surface area contributed by atoms with Gasteiger partial charge in [0, 0.05) is 37.4 Å². The summed E-state index contributed by atoms with van der Waals surface area (Å²) in [6.45, 7) is 4.51. The van der Waals surface area contributed by atoms with Gasteiger partial charge in [-0.25, -0.2) is 0 Å². The molecule has 2 heterocycles. The van der Waals surface area contributed by atoms with Crippen molar-refractivity contribution in [3.63, 3.8) is 0 Å². The van der Waals surface area contributed by atoms with Crippen LogP contribution in [0.3, 0.4) is 0 Å². The SMILES string of the molecule is Cc1cn(C2CCCCC2)c2c1CNCC2. The van der Waals surface area contributed by atoms with Crippen LogP contribution in [-0.2, 0) is 13.0 Å². The fraction of sp³-hybridized carbons (Fsp3) is 0.714.